The minimum Gasteiger partial charge on any atom is -0.366 e. The lowest BCUT2D eigenvalue weighted by atomic mass is 9.94. The summed E-state index contributed by atoms with van der Waals surface area (Å²) in [6.07, 6.45) is -5.11. The molecule has 8 heteroatoms. The summed E-state index contributed by atoms with van der Waals surface area (Å²) in [5.74, 6) is -0.716. The van der Waals surface area contributed by atoms with E-state index in [0.29, 0.717) is 11.3 Å². The summed E-state index contributed by atoms with van der Waals surface area (Å²) in [7, 11) is 1.49. The number of ether oxygens (including phenoxy) is 1. The van der Waals surface area contributed by atoms with Gasteiger partial charge < -0.3 is 15.4 Å². The van der Waals surface area contributed by atoms with Crippen LogP contribution >= 0.6 is 0 Å². The van der Waals surface area contributed by atoms with E-state index >= 15 is 0 Å². The van der Waals surface area contributed by atoms with Crippen LogP contribution in [0.4, 0.5) is 13.2 Å². The average molecular weight is 277 g/mol. The zero-order chi connectivity index (χ0) is 14.4. The van der Waals surface area contributed by atoms with Gasteiger partial charge in [0, 0.05) is 18.8 Å². The molecule has 19 heavy (non-hydrogen) atoms. The van der Waals surface area contributed by atoms with Gasteiger partial charge in [0.15, 0.2) is 6.17 Å². The number of rotatable bonds is 2. The first-order valence-electron chi connectivity index (χ1n) is 5.64. The number of aliphatic imine (C=N–C) groups is 1. The Morgan fingerprint density at radius 1 is 1.68 bits per heavy atom. The zero-order valence-electron chi connectivity index (χ0n) is 10.5. The molecule has 2 N–H and O–H groups in total. The van der Waals surface area contributed by atoms with Crippen LogP contribution in [0.2, 0.25) is 0 Å². The van der Waals surface area contributed by atoms with Crippen LogP contribution in [0.3, 0.4) is 0 Å². The number of nitrogens with zero attached hydrogens (tertiary/aromatic N) is 2. The summed E-state index contributed by atoms with van der Waals surface area (Å²) in [4.78, 5) is 16.5. The van der Waals surface area contributed by atoms with Crippen LogP contribution in [0.15, 0.2) is 16.3 Å². The van der Waals surface area contributed by atoms with Gasteiger partial charge in [0.2, 0.25) is 0 Å². The summed E-state index contributed by atoms with van der Waals surface area (Å²) in [5, 5.41) is 0. The first kappa shape index (κ1) is 13.9. The largest absolute Gasteiger partial charge is 0.392 e. The fourth-order valence-electron chi connectivity index (χ4n) is 2.58. The highest BCUT2D eigenvalue weighted by atomic mass is 19.4. The minimum absolute atomic E-state index is 0.0429. The van der Waals surface area contributed by atoms with Crippen molar-refractivity contribution in [3.8, 4) is 0 Å². The molecule has 0 fully saturated rings. The fraction of sp³-hybridized carbons (Fsp3) is 0.636. The van der Waals surface area contributed by atoms with Crippen LogP contribution in [0, 0.1) is 0 Å². The number of halogens is 3. The number of carbonyl (C=O) groups is 1. The van der Waals surface area contributed by atoms with Crippen LogP contribution in [0.25, 0.3) is 0 Å². The van der Waals surface area contributed by atoms with Crippen LogP contribution in [0.1, 0.15) is 13.3 Å². The molecule has 2 aliphatic rings. The maximum Gasteiger partial charge on any atom is 0.392 e. The lowest BCUT2D eigenvalue weighted by Crippen LogP contribution is -2.48. The molecule has 1 amide bonds. The first-order chi connectivity index (χ1) is 8.64. The third-order valence-corrected chi connectivity index (χ3v) is 3.23. The van der Waals surface area contributed by atoms with Crippen molar-refractivity contribution in [3.63, 3.8) is 0 Å². The number of alkyl halides is 3. The smallest absolute Gasteiger partial charge is 0.366 e. The van der Waals surface area contributed by atoms with Gasteiger partial charge >= 0.3 is 6.18 Å². The molecule has 2 aliphatic heterocycles. The Kier molecular flexibility index (Phi) is 3.08. The number of nitrogens with two attached hydrogens (primary N) is 1. The molecule has 0 saturated heterocycles. The highest BCUT2D eigenvalue weighted by Gasteiger charge is 2.50. The highest BCUT2D eigenvalue weighted by molar-refractivity contribution is 5.88. The second kappa shape index (κ2) is 4.22. The maximum atomic E-state index is 12.6. The fourth-order valence-corrected chi connectivity index (χ4v) is 2.58. The van der Waals surface area contributed by atoms with Gasteiger partial charge in [-0.25, -0.2) is 0 Å². The summed E-state index contributed by atoms with van der Waals surface area (Å²) >= 11 is 0. The Morgan fingerprint density at radius 3 is 2.84 bits per heavy atom. The lowest BCUT2D eigenvalue weighted by Gasteiger charge is -2.37. The molecule has 0 saturated carbocycles. The van der Waals surface area contributed by atoms with Crippen molar-refractivity contribution >= 4 is 12.1 Å². The third kappa shape index (κ3) is 2.44. The quantitative estimate of drug-likeness (QED) is 0.812. The SMILES string of the molecule is CN1C2=C(C=NC1C(N)=O)COC2(C)CC(F)(F)F. The van der Waals surface area contributed by atoms with Gasteiger partial charge in [-0.2, -0.15) is 13.2 Å². The van der Waals surface area contributed by atoms with Gasteiger partial charge in [0.25, 0.3) is 5.91 Å². The van der Waals surface area contributed by atoms with E-state index in [9.17, 15) is 18.0 Å². The van der Waals surface area contributed by atoms with E-state index in [1.165, 1.54) is 25.1 Å². The normalized spacial score (nSPS) is 30.8. The predicted molar refractivity (Wildman–Crippen MR) is 61.3 cm³/mol. The Labute approximate surface area is 107 Å². The minimum atomic E-state index is -4.37. The standard InChI is InChI=1S/C11H14F3N3O2/c1-10(5-11(12,13)14)7-6(4-19-10)3-16-9(8(15)18)17(7)2/h3,9H,4-5H2,1-2H3,(H2,15,18). The highest BCUT2D eigenvalue weighted by Crippen LogP contribution is 2.42. The van der Waals surface area contributed by atoms with Crippen LogP contribution < -0.4 is 5.73 Å². The van der Waals surface area contributed by atoms with Gasteiger partial charge in [-0.15, -0.1) is 0 Å². The molecule has 106 valence electrons. The van der Waals surface area contributed by atoms with Crippen LogP contribution in [-0.4, -0.2) is 48.6 Å². The van der Waals surface area contributed by atoms with E-state index in [4.69, 9.17) is 10.5 Å². The van der Waals surface area contributed by atoms with Crippen molar-refractivity contribution in [3.05, 3.63) is 11.3 Å². The van der Waals surface area contributed by atoms with Gasteiger partial charge in [0.1, 0.15) is 5.60 Å². The van der Waals surface area contributed by atoms with Crippen molar-refractivity contribution < 1.29 is 22.7 Å². The van der Waals surface area contributed by atoms with E-state index in [1.54, 1.807) is 0 Å². The van der Waals surface area contributed by atoms with E-state index in [-0.39, 0.29) is 6.61 Å². The Morgan fingerprint density at radius 2 is 2.32 bits per heavy atom. The molecule has 0 aromatic rings. The molecule has 0 radical (unpaired) electrons. The van der Waals surface area contributed by atoms with Crippen molar-refractivity contribution in [2.75, 3.05) is 13.7 Å². The summed E-state index contributed by atoms with van der Waals surface area (Å²) in [6.45, 7) is 1.40. The second-order valence-electron chi connectivity index (χ2n) is 4.85. The van der Waals surface area contributed by atoms with Crippen LogP contribution in [0.5, 0.6) is 0 Å². The average Bonchev–Trinajstić information content (AvgIpc) is 2.53. The zero-order valence-corrected chi connectivity index (χ0v) is 10.5. The molecule has 0 bridgehead atoms. The second-order valence-corrected chi connectivity index (χ2v) is 4.85. The molecule has 2 unspecified atom stereocenters. The van der Waals surface area contributed by atoms with Crippen molar-refractivity contribution in [1.82, 2.24) is 4.90 Å². The molecule has 5 nitrogen and oxygen atoms in total. The van der Waals surface area contributed by atoms with Crippen molar-refractivity contribution in [2.45, 2.75) is 31.3 Å². The number of amides is 1. The lowest BCUT2D eigenvalue weighted by molar-refractivity contribution is -0.173. The Bertz CT molecular complexity index is 472. The van der Waals surface area contributed by atoms with Gasteiger partial charge in [0.05, 0.1) is 18.7 Å². The number of hydrogen-bond donors (Lipinski definition) is 1. The van der Waals surface area contributed by atoms with Gasteiger partial charge in [-0.3, -0.25) is 9.79 Å². The molecule has 2 heterocycles. The Hall–Kier alpha value is -1.57. The molecule has 2 atom stereocenters. The number of likely N-dealkylation sites (N-methyl/N-ethyl adjacent to an activating group) is 1. The van der Waals surface area contributed by atoms with Gasteiger partial charge in [-0.05, 0) is 6.92 Å². The van der Waals surface area contributed by atoms with Gasteiger partial charge in [-0.1, -0.05) is 0 Å². The number of carbonyl (C=O) groups excluding carboxylic acids is 1. The Balaban J connectivity index is 2.35. The van der Waals surface area contributed by atoms with Crippen molar-refractivity contribution in [2.24, 2.45) is 10.7 Å². The summed E-state index contributed by atoms with van der Waals surface area (Å²) < 4.78 is 43.2. The molecule has 0 spiro atoms. The molecular weight excluding hydrogens is 263 g/mol. The number of primary amides is 1. The van der Waals surface area contributed by atoms with E-state index in [1.807, 2.05) is 0 Å². The van der Waals surface area contributed by atoms with Crippen LogP contribution in [-0.2, 0) is 9.53 Å². The third-order valence-electron chi connectivity index (χ3n) is 3.23. The predicted octanol–water partition coefficient (Wildman–Crippen LogP) is 0.809. The number of hydrogen-bond acceptors (Lipinski definition) is 4. The monoisotopic (exact) mass is 277 g/mol. The molecule has 0 aromatic carbocycles. The summed E-state index contributed by atoms with van der Waals surface area (Å²) in [6, 6.07) is 0. The molecular formula is C11H14F3N3O2. The van der Waals surface area contributed by atoms with E-state index < -0.39 is 30.3 Å². The topological polar surface area (TPSA) is 67.9 Å². The van der Waals surface area contributed by atoms with E-state index in [2.05, 4.69) is 4.99 Å². The maximum absolute atomic E-state index is 12.6. The summed E-state index contributed by atoms with van der Waals surface area (Å²) in [5.41, 5.74) is 4.54. The molecule has 0 aliphatic carbocycles. The molecule has 2 rings (SSSR count). The van der Waals surface area contributed by atoms with Crippen molar-refractivity contribution in [1.29, 1.82) is 0 Å². The first-order valence-corrected chi connectivity index (χ1v) is 5.64. The molecule has 0 aromatic heterocycles. The van der Waals surface area contributed by atoms with E-state index in [0.717, 1.165) is 0 Å².